The molecular weight excluding hydrogens is 1460 g/mol. The van der Waals surface area contributed by atoms with Crippen molar-refractivity contribution in [3.63, 3.8) is 0 Å². The number of hydrogen-bond acceptors (Lipinski definition) is 27. The molecule has 6 aromatic rings. The Morgan fingerprint density at radius 1 is 0.722 bits per heavy atom. The lowest BCUT2D eigenvalue weighted by Gasteiger charge is -2.12. The molecule has 2 unspecified atom stereocenters. The van der Waals surface area contributed by atoms with E-state index < -0.39 is 167 Å². The van der Waals surface area contributed by atoms with Gasteiger partial charge < -0.3 is 44.5 Å². The Kier molecular flexibility index (Phi) is 29.0. The number of carboxylic acids is 2. The Morgan fingerprint density at radius 3 is 1.68 bits per heavy atom. The van der Waals surface area contributed by atoms with Crippen molar-refractivity contribution in [2.24, 2.45) is 5.73 Å². The van der Waals surface area contributed by atoms with Crippen LogP contribution in [0.4, 0.5) is 57.9 Å². The molecule has 0 aliphatic heterocycles. The molecular formula is C48H49ClF7N12O24PS4. The topological polar surface area (TPSA) is 540 Å². The third kappa shape index (κ3) is 27.0. The molecule has 36 nitrogen and oxygen atoms in total. The van der Waals surface area contributed by atoms with Crippen LogP contribution < -0.4 is 54.2 Å². The standard InChI is InChI=1S/C15H10ClF3N2O6S.C14H10F4N4O7S.C14H17N5O7S2.C5H12NO4P/c1-28(25,26)20-14(22)10-7-9(3-4-12(10)21(23)24)27-13-5-2-8(6-11(13)16)15(17,18)19;15-11(16)28-8-5-9(29-12(17)18)20-13(19-8)21-14(25)22-30(26,27)7-4-2-1-3-6(7)10(23)24;1-4-27(21,22)9-6-5-7-15-12(9)28(23,24)19-14(20)18-13-16-10(25-2)8-11(17-13)26-3;1-11(9,10)3-2-4(6)5(7)8/h2-7H,1H3,(H,20,22);1-5,11-12H,(H,23,24)(H2,19,20,21,22,25);5-8H,4H2,1-3H3,(H2,16,17,18,19,20);4H,2-3,6H2,1H3,(H,7,8)(H,9,10). The number of alkyl halides is 7. The first-order valence-corrected chi connectivity index (χ1v) is 34.5. The number of amides is 5. The summed E-state index contributed by atoms with van der Waals surface area (Å²) in [4.78, 5) is 92.7. The molecule has 3 heterocycles. The van der Waals surface area contributed by atoms with Crippen LogP contribution in [0.5, 0.6) is 35.0 Å². The van der Waals surface area contributed by atoms with Gasteiger partial charge in [0, 0.05) is 31.2 Å². The van der Waals surface area contributed by atoms with Crippen molar-refractivity contribution in [1.29, 1.82) is 0 Å². The van der Waals surface area contributed by atoms with E-state index in [1.54, 1.807) is 14.8 Å². The Balaban J connectivity index is 0.000000351. The summed E-state index contributed by atoms with van der Waals surface area (Å²) in [6, 6.07) is 9.76. The second kappa shape index (κ2) is 34.7. The van der Waals surface area contributed by atoms with Crippen LogP contribution >= 0.6 is 19.0 Å². The molecule has 49 heteroatoms. The van der Waals surface area contributed by atoms with Crippen molar-refractivity contribution in [3.05, 3.63) is 123 Å². The van der Waals surface area contributed by atoms with Gasteiger partial charge in [0.05, 0.1) is 59.4 Å². The molecule has 0 aliphatic rings. The number of ether oxygens (including phenoxy) is 5. The number of nitrogens with zero attached hydrogens (tertiary/aromatic N) is 6. The summed E-state index contributed by atoms with van der Waals surface area (Å²) in [5.41, 5.74) is 2.10. The molecule has 530 valence electrons. The van der Waals surface area contributed by atoms with Gasteiger partial charge in [0.25, 0.3) is 31.6 Å². The number of halogens is 8. The molecule has 6 rings (SSSR count). The number of pyridine rings is 1. The number of nitrogens with two attached hydrogens (primary N) is 1. The average molecular weight is 1510 g/mol. The molecule has 5 amide bonds. The van der Waals surface area contributed by atoms with E-state index in [1.807, 2.05) is 0 Å². The Bertz CT molecular complexity index is 4370. The second-order valence-corrected chi connectivity index (χ2v) is 28.1. The zero-order valence-corrected chi connectivity index (χ0v) is 54.2. The minimum absolute atomic E-state index is 0.0412. The maximum Gasteiger partial charge on any atom is 0.416 e. The van der Waals surface area contributed by atoms with Gasteiger partial charge in [-0.25, -0.2) is 58.8 Å². The number of hydrogen-bond donors (Lipinski definition) is 9. The van der Waals surface area contributed by atoms with Crippen LogP contribution in [0.1, 0.15) is 39.6 Å². The lowest BCUT2D eigenvalue weighted by Crippen LogP contribution is -2.36. The SMILES string of the molecule is CCS(=O)(=O)c1cccnc1S(=O)(=O)NC(=O)Nc1nc(OC)cc(OC)n1.CP(=O)(O)CCC(N)C(=O)O.CS(=O)(=O)NC(=O)c1cc(Oc2ccc(C(F)(F)F)cc2Cl)ccc1[N+](=O)[O-].O=C(Nc1nc(OC(F)F)cc(OC(F)F)n1)NS(=O)(=O)c1ccccc1C(=O)O. The van der Waals surface area contributed by atoms with Gasteiger partial charge in [-0.3, -0.25) is 34.9 Å². The first-order valence-electron chi connectivity index (χ1n) is 25.3. The average Bonchev–Trinajstić information content (AvgIpc) is 0.802. The van der Waals surface area contributed by atoms with Crippen LogP contribution in [0.15, 0.2) is 106 Å². The first-order chi connectivity index (χ1) is 44.7. The number of carboxylic acid groups (broad SMARTS) is 2. The summed E-state index contributed by atoms with van der Waals surface area (Å²) in [5.74, 6) is -7.79. The van der Waals surface area contributed by atoms with Crippen LogP contribution in [0.3, 0.4) is 0 Å². The third-order valence-corrected chi connectivity index (χ3v) is 17.1. The highest BCUT2D eigenvalue weighted by Gasteiger charge is 2.33. The number of rotatable bonds is 24. The fourth-order valence-corrected chi connectivity index (χ4v) is 11.5. The van der Waals surface area contributed by atoms with E-state index in [4.69, 9.17) is 46.7 Å². The predicted molar refractivity (Wildman–Crippen MR) is 317 cm³/mol. The van der Waals surface area contributed by atoms with E-state index in [2.05, 4.69) is 39.7 Å². The Morgan fingerprint density at radius 2 is 1.23 bits per heavy atom. The number of aliphatic carboxylic acids is 1. The van der Waals surface area contributed by atoms with Crippen LogP contribution in [0, 0.1) is 10.1 Å². The number of methoxy groups -OCH3 is 2. The zero-order valence-electron chi connectivity index (χ0n) is 49.3. The van der Waals surface area contributed by atoms with Crippen LogP contribution in [0.25, 0.3) is 0 Å². The maximum absolute atomic E-state index is 12.7. The number of sulfone groups is 1. The molecule has 3 aromatic carbocycles. The maximum atomic E-state index is 12.7. The minimum Gasteiger partial charge on any atom is -0.481 e. The van der Waals surface area contributed by atoms with E-state index >= 15 is 0 Å². The number of anilines is 2. The van der Waals surface area contributed by atoms with Gasteiger partial charge >= 0.3 is 43.4 Å². The number of aromatic nitrogens is 5. The summed E-state index contributed by atoms with van der Waals surface area (Å²) in [5, 5.41) is 31.0. The summed E-state index contributed by atoms with van der Waals surface area (Å²) in [6.45, 7) is -4.28. The highest BCUT2D eigenvalue weighted by atomic mass is 35.5. The lowest BCUT2D eigenvalue weighted by atomic mass is 10.1. The summed E-state index contributed by atoms with van der Waals surface area (Å²) in [6.07, 6.45) is -2.84. The molecule has 0 saturated carbocycles. The predicted octanol–water partition coefficient (Wildman–Crippen LogP) is 5.52. The number of carbonyl (C=O) groups is 5. The van der Waals surface area contributed by atoms with Crippen molar-refractivity contribution in [2.45, 2.75) is 53.6 Å². The van der Waals surface area contributed by atoms with Crippen molar-refractivity contribution < 1.29 is 137 Å². The van der Waals surface area contributed by atoms with Crippen LogP contribution in [-0.4, -0.2) is 167 Å². The molecule has 0 bridgehead atoms. The van der Waals surface area contributed by atoms with Gasteiger partial charge in [-0.15, -0.1) is 0 Å². The summed E-state index contributed by atoms with van der Waals surface area (Å²) < 4.78 is 222. The smallest absolute Gasteiger partial charge is 0.416 e. The number of nitrogens with one attached hydrogen (secondary N) is 5. The molecule has 0 aliphatic carbocycles. The van der Waals surface area contributed by atoms with Crippen molar-refractivity contribution >= 4 is 106 Å². The third-order valence-electron chi connectivity index (χ3n) is 10.6. The van der Waals surface area contributed by atoms with Crippen molar-refractivity contribution in [3.8, 4) is 35.0 Å². The van der Waals surface area contributed by atoms with Crippen LogP contribution in [-0.2, 0) is 55.4 Å². The fraction of sp³-hybridized carbons (Fsp3) is 0.250. The first kappa shape index (κ1) is 81.3. The molecule has 0 radical (unpaired) electrons. The molecule has 0 fully saturated rings. The molecule has 3 aromatic heterocycles. The van der Waals surface area contributed by atoms with E-state index in [1.165, 1.54) is 56.8 Å². The van der Waals surface area contributed by atoms with Gasteiger partial charge in [-0.05, 0) is 55.0 Å². The van der Waals surface area contributed by atoms with E-state index in [0.29, 0.717) is 24.5 Å². The minimum atomic E-state index is -4.71. The fourth-order valence-electron chi connectivity index (χ4n) is 6.41. The van der Waals surface area contributed by atoms with Crippen molar-refractivity contribution in [1.82, 2.24) is 39.1 Å². The van der Waals surface area contributed by atoms with Gasteiger partial charge in [-0.1, -0.05) is 30.7 Å². The van der Waals surface area contributed by atoms with Crippen molar-refractivity contribution in [2.75, 3.05) is 49.7 Å². The quantitative estimate of drug-likeness (QED) is 0.0156. The summed E-state index contributed by atoms with van der Waals surface area (Å²) >= 11 is 5.76. The largest absolute Gasteiger partial charge is 0.481 e. The number of nitro groups is 1. The summed E-state index contributed by atoms with van der Waals surface area (Å²) in [7, 11) is -17.7. The molecule has 0 saturated heterocycles. The van der Waals surface area contributed by atoms with E-state index in [9.17, 15) is 103 Å². The van der Waals surface area contributed by atoms with Gasteiger partial charge in [-0.2, -0.15) is 59.1 Å². The Hall–Kier alpha value is -9.93. The zero-order chi connectivity index (χ0) is 73.8. The normalized spacial score (nSPS) is 12.3. The van der Waals surface area contributed by atoms with Gasteiger partial charge in [0.2, 0.25) is 45.4 Å². The molecule has 10 N–H and O–H groups in total. The number of urea groups is 2. The lowest BCUT2D eigenvalue weighted by molar-refractivity contribution is -0.385. The molecule has 2 atom stereocenters. The number of benzene rings is 3. The number of nitro benzene ring substituents is 1. The van der Waals surface area contributed by atoms with E-state index in [0.717, 1.165) is 48.7 Å². The monoisotopic (exact) mass is 1500 g/mol. The highest BCUT2D eigenvalue weighted by molar-refractivity contribution is 7.94. The number of aromatic carboxylic acids is 1. The molecule has 0 spiro atoms. The van der Waals surface area contributed by atoms with E-state index in [-0.39, 0.29) is 47.5 Å². The number of carbonyl (C=O) groups excluding carboxylic acids is 3. The second-order valence-electron chi connectivity index (χ2n) is 17.9. The highest BCUT2D eigenvalue weighted by Crippen LogP contribution is 2.38. The van der Waals surface area contributed by atoms with Gasteiger partial charge in [0.15, 0.2) is 22.2 Å². The van der Waals surface area contributed by atoms with Gasteiger partial charge in [0.1, 0.15) is 32.9 Å². The van der Waals surface area contributed by atoms with Crippen LogP contribution in [0.2, 0.25) is 5.02 Å². The Labute approximate surface area is 546 Å². The molecule has 97 heavy (non-hydrogen) atoms. The number of sulfonamides is 3.